The maximum atomic E-state index is 13.9. The van der Waals surface area contributed by atoms with Gasteiger partial charge in [-0.05, 0) is 91.3 Å². The van der Waals surface area contributed by atoms with Crippen molar-refractivity contribution in [2.45, 2.75) is 51.4 Å². The normalized spacial score (nSPS) is 12.6. The van der Waals surface area contributed by atoms with Gasteiger partial charge >= 0.3 is 5.97 Å². The standard InChI is InChI=1S/C34H38F2N4O3S/c1-23(2)43-34(42)31(14-19-44-3)39-33(41)30-21-27(7-6-26(30)20-24-4-10-28(35)11-5-24)32(25-8-12-29(36)13-9-25)38-16-18-40-17-15-37-22-40/h4-13,15,17,21-23,31-32,38H,14,16,18-20H2,1-3H3,(H,39,41)/t31-,32?/m0/s1. The summed E-state index contributed by atoms with van der Waals surface area (Å²) >= 11 is 1.58. The second kappa shape index (κ2) is 16.2. The van der Waals surface area contributed by atoms with Gasteiger partial charge in [0.05, 0.1) is 18.5 Å². The maximum absolute atomic E-state index is 13.9. The molecule has 1 amide bonds. The van der Waals surface area contributed by atoms with Gasteiger partial charge < -0.3 is 19.9 Å². The summed E-state index contributed by atoms with van der Waals surface area (Å²) in [7, 11) is 0. The van der Waals surface area contributed by atoms with E-state index in [1.165, 1.54) is 24.3 Å². The Balaban J connectivity index is 1.70. The number of amides is 1. The number of carbonyl (C=O) groups is 2. The van der Waals surface area contributed by atoms with Crippen molar-refractivity contribution < 1.29 is 23.1 Å². The van der Waals surface area contributed by atoms with E-state index in [0.29, 0.717) is 37.2 Å². The minimum atomic E-state index is -0.819. The number of rotatable bonds is 15. The van der Waals surface area contributed by atoms with Crippen LogP contribution in [0.1, 0.15) is 58.9 Å². The van der Waals surface area contributed by atoms with Crippen LogP contribution in [-0.4, -0.2) is 52.1 Å². The number of nitrogens with one attached hydrogen (secondary N) is 2. The molecule has 232 valence electrons. The molecule has 0 bridgehead atoms. The molecule has 0 aliphatic heterocycles. The van der Waals surface area contributed by atoms with Gasteiger partial charge in [-0.15, -0.1) is 0 Å². The quantitative estimate of drug-likeness (QED) is 0.160. The van der Waals surface area contributed by atoms with Crippen molar-refractivity contribution >= 4 is 23.6 Å². The van der Waals surface area contributed by atoms with Crippen molar-refractivity contribution in [2.75, 3.05) is 18.6 Å². The molecule has 0 saturated carbocycles. The van der Waals surface area contributed by atoms with Crippen LogP contribution in [0.15, 0.2) is 85.5 Å². The summed E-state index contributed by atoms with van der Waals surface area (Å²) in [6.07, 6.45) is 7.73. The molecule has 0 saturated heterocycles. The fourth-order valence-electron chi connectivity index (χ4n) is 4.84. The molecule has 4 rings (SSSR count). The minimum absolute atomic E-state index is 0.321. The molecule has 0 aliphatic carbocycles. The van der Waals surface area contributed by atoms with E-state index in [-0.39, 0.29) is 23.8 Å². The van der Waals surface area contributed by atoms with E-state index >= 15 is 0 Å². The lowest BCUT2D eigenvalue weighted by molar-refractivity contribution is -0.149. The molecule has 3 aromatic carbocycles. The van der Waals surface area contributed by atoms with Gasteiger partial charge in [-0.25, -0.2) is 18.6 Å². The number of thioether (sulfide) groups is 1. The second-order valence-electron chi connectivity index (χ2n) is 10.8. The van der Waals surface area contributed by atoms with Crippen LogP contribution in [0.25, 0.3) is 0 Å². The van der Waals surface area contributed by atoms with E-state index in [9.17, 15) is 18.4 Å². The van der Waals surface area contributed by atoms with E-state index in [0.717, 1.165) is 22.3 Å². The Morgan fingerprint density at radius 2 is 1.66 bits per heavy atom. The van der Waals surface area contributed by atoms with Crippen LogP contribution >= 0.6 is 11.8 Å². The Morgan fingerprint density at radius 1 is 0.977 bits per heavy atom. The van der Waals surface area contributed by atoms with E-state index < -0.39 is 17.9 Å². The first-order chi connectivity index (χ1) is 21.2. The average Bonchev–Trinajstić information content (AvgIpc) is 3.53. The number of hydrogen-bond acceptors (Lipinski definition) is 6. The topological polar surface area (TPSA) is 85.3 Å². The first-order valence-corrected chi connectivity index (χ1v) is 15.9. The summed E-state index contributed by atoms with van der Waals surface area (Å²) in [6, 6.07) is 16.9. The van der Waals surface area contributed by atoms with Crippen LogP contribution in [0.2, 0.25) is 0 Å². The lowest BCUT2D eigenvalue weighted by Crippen LogP contribution is -2.43. The third-order valence-electron chi connectivity index (χ3n) is 7.05. The fourth-order valence-corrected chi connectivity index (χ4v) is 5.31. The molecule has 1 aromatic heterocycles. The highest BCUT2D eigenvalue weighted by molar-refractivity contribution is 7.98. The zero-order valence-corrected chi connectivity index (χ0v) is 26.0. The fraction of sp³-hybridized carbons (Fsp3) is 0.324. The molecule has 10 heteroatoms. The summed E-state index contributed by atoms with van der Waals surface area (Å²) in [5.74, 6) is -0.916. The Bertz CT molecular complexity index is 1500. The van der Waals surface area contributed by atoms with Crippen molar-refractivity contribution in [3.05, 3.63) is 125 Å². The number of nitrogens with zero attached hydrogens (tertiary/aromatic N) is 2. The molecule has 2 N–H and O–H groups in total. The molecule has 0 spiro atoms. The number of benzene rings is 3. The van der Waals surface area contributed by atoms with Gasteiger partial charge in [0.2, 0.25) is 0 Å². The molecule has 2 atom stereocenters. The number of esters is 1. The number of aromatic nitrogens is 2. The van der Waals surface area contributed by atoms with Crippen molar-refractivity contribution in [3.8, 4) is 0 Å². The first-order valence-electron chi connectivity index (χ1n) is 14.6. The third-order valence-corrected chi connectivity index (χ3v) is 7.70. The summed E-state index contributed by atoms with van der Waals surface area (Å²) in [5.41, 5.74) is 3.56. The number of halogens is 2. The molecule has 1 heterocycles. The number of hydrogen-bond donors (Lipinski definition) is 2. The van der Waals surface area contributed by atoms with E-state index in [1.54, 1.807) is 62.4 Å². The van der Waals surface area contributed by atoms with Crippen LogP contribution in [0.5, 0.6) is 0 Å². The number of imidazole rings is 1. The van der Waals surface area contributed by atoms with Gasteiger partial charge in [0.25, 0.3) is 5.91 Å². The van der Waals surface area contributed by atoms with Crippen LogP contribution in [0.4, 0.5) is 8.78 Å². The first kappa shape index (κ1) is 32.9. The molecule has 1 unspecified atom stereocenters. The predicted molar refractivity (Wildman–Crippen MR) is 170 cm³/mol. The smallest absolute Gasteiger partial charge is 0.328 e. The molecule has 0 aliphatic rings. The van der Waals surface area contributed by atoms with Gasteiger partial charge in [0.1, 0.15) is 17.7 Å². The second-order valence-corrected chi connectivity index (χ2v) is 11.7. The Kier molecular flexibility index (Phi) is 12.1. The van der Waals surface area contributed by atoms with Gasteiger partial charge in [0.15, 0.2) is 0 Å². The third kappa shape index (κ3) is 9.49. The van der Waals surface area contributed by atoms with Gasteiger partial charge in [0, 0.05) is 31.0 Å². The van der Waals surface area contributed by atoms with Crippen molar-refractivity contribution in [2.24, 2.45) is 0 Å². The Hall–Kier alpha value is -4.02. The Labute approximate surface area is 261 Å². The van der Waals surface area contributed by atoms with Crippen molar-refractivity contribution in [1.82, 2.24) is 20.2 Å². The van der Waals surface area contributed by atoms with Gasteiger partial charge in [-0.3, -0.25) is 4.79 Å². The summed E-state index contributed by atoms with van der Waals surface area (Å²) in [4.78, 5) is 30.9. The highest BCUT2D eigenvalue weighted by atomic mass is 32.2. The lowest BCUT2D eigenvalue weighted by Gasteiger charge is -2.23. The van der Waals surface area contributed by atoms with E-state index in [4.69, 9.17) is 4.74 Å². The monoisotopic (exact) mass is 620 g/mol. The largest absolute Gasteiger partial charge is 0.461 e. The van der Waals surface area contributed by atoms with Gasteiger partial charge in [-0.2, -0.15) is 11.8 Å². The molecular formula is C34H38F2N4O3S. The van der Waals surface area contributed by atoms with Crippen LogP contribution in [0, 0.1) is 11.6 Å². The SMILES string of the molecule is CSCC[C@H](NC(=O)c1cc(C(NCCn2ccnc2)c2ccc(F)cc2)ccc1Cc1ccc(F)cc1)C(=O)OC(C)C. The Morgan fingerprint density at radius 3 is 2.30 bits per heavy atom. The number of ether oxygens (including phenoxy) is 1. The van der Waals surface area contributed by atoms with E-state index in [1.807, 2.05) is 35.2 Å². The zero-order chi connectivity index (χ0) is 31.5. The molecule has 0 fully saturated rings. The molecule has 0 radical (unpaired) electrons. The van der Waals surface area contributed by atoms with E-state index in [2.05, 4.69) is 15.6 Å². The summed E-state index contributed by atoms with van der Waals surface area (Å²) < 4.78 is 34.9. The maximum Gasteiger partial charge on any atom is 0.328 e. The highest BCUT2D eigenvalue weighted by Crippen LogP contribution is 2.26. The van der Waals surface area contributed by atoms with Gasteiger partial charge in [-0.1, -0.05) is 36.4 Å². The van der Waals surface area contributed by atoms with Crippen LogP contribution < -0.4 is 10.6 Å². The number of carbonyl (C=O) groups excluding carboxylic acids is 2. The zero-order valence-electron chi connectivity index (χ0n) is 25.1. The summed E-state index contributed by atoms with van der Waals surface area (Å²) in [5, 5.41) is 6.46. The predicted octanol–water partition coefficient (Wildman–Crippen LogP) is 5.93. The summed E-state index contributed by atoms with van der Waals surface area (Å²) in [6.45, 7) is 4.77. The van der Waals surface area contributed by atoms with Crippen LogP contribution in [0.3, 0.4) is 0 Å². The van der Waals surface area contributed by atoms with Crippen LogP contribution in [-0.2, 0) is 22.5 Å². The highest BCUT2D eigenvalue weighted by Gasteiger charge is 2.26. The molecular weight excluding hydrogens is 582 g/mol. The molecule has 4 aromatic rings. The lowest BCUT2D eigenvalue weighted by atomic mass is 9.92. The molecule has 7 nitrogen and oxygen atoms in total. The van der Waals surface area contributed by atoms with Crippen molar-refractivity contribution in [3.63, 3.8) is 0 Å². The van der Waals surface area contributed by atoms with Crippen molar-refractivity contribution in [1.29, 1.82) is 0 Å². The average molecular weight is 621 g/mol. The minimum Gasteiger partial charge on any atom is -0.461 e. The molecule has 44 heavy (non-hydrogen) atoms.